The number of anilines is 2. The molecule has 4 rings (SSSR count). The fourth-order valence-electron chi connectivity index (χ4n) is 2.96. The molecule has 32 heavy (non-hydrogen) atoms. The second-order valence-corrected chi connectivity index (χ2v) is 6.08. The highest BCUT2D eigenvalue weighted by Gasteiger charge is 2.14. The molecular formula is C20H23ClN6O5. The van der Waals surface area contributed by atoms with Gasteiger partial charge in [-0.15, -0.1) is 12.4 Å². The highest BCUT2D eigenvalue weighted by atomic mass is 35.5. The van der Waals surface area contributed by atoms with Gasteiger partial charge in [0.15, 0.2) is 11.5 Å². The first-order valence-electron chi connectivity index (χ1n) is 8.69. The number of hydrogen-bond donors (Lipinski definition) is 2. The lowest BCUT2D eigenvalue weighted by Gasteiger charge is -2.13. The fourth-order valence-corrected chi connectivity index (χ4v) is 2.96. The molecule has 3 aromatic heterocycles. The Morgan fingerprint density at radius 2 is 1.78 bits per heavy atom. The first-order valence-corrected chi connectivity index (χ1v) is 8.69. The Morgan fingerprint density at radius 3 is 2.47 bits per heavy atom. The number of halogens is 1. The molecule has 12 heteroatoms. The molecule has 1 aromatic carbocycles. The minimum absolute atomic E-state index is 0. The summed E-state index contributed by atoms with van der Waals surface area (Å²) in [5, 5.41) is 3.09. The second kappa shape index (κ2) is 10.9. The maximum atomic E-state index is 11.7. The van der Waals surface area contributed by atoms with Gasteiger partial charge in [0.05, 0.1) is 25.5 Å². The van der Waals surface area contributed by atoms with Crippen LogP contribution in [0.3, 0.4) is 0 Å². The summed E-state index contributed by atoms with van der Waals surface area (Å²) in [6, 6.07) is 10.6. The van der Waals surface area contributed by atoms with Crippen molar-refractivity contribution >= 4 is 35.7 Å². The molecule has 0 atom stereocenters. The lowest BCUT2D eigenvalue weighted by Crippen LogP contribution is -2.15. The molecular weight excluding hydrogens is 440 g/mol. The number of hydrogen-bond acceptors (Lipinski definition) is 7. The zero-order valence-electron chi connectivity index (χ0n) is 17.2. The first kappa shape index (κ1) is 26.1. The smallest absolute Gasteiger partial charge is 0.252 e. The van der Waals surface area contributed by atoms with Gasteiger partial charge in [-0.1, -0.05) is 0 Å². The summed E-state index contributed by atoms with van der Waals surface area (Å²) in [7, 11) is 3.16. The van der Waals surface area contributed by atoms with Gasteiger partial charge in [0.25, 0.3) is 5.91 Å². The van der Waals surface area contributed by atoms with E-state index in [1.165, 1.54) is 0 Å². The summed E-state index contributed by atoms with van der Waals surface area (Å²) in [5.41, 5.74) is 7.86. The number of rotatable bonds is 6. The molecule has 3 heterocycles. The largest absolute Gasteiger partial charge is 0.493 e. The van der Waals surface area contributed by atoms with Gasteiger partial charge in [0.1, 0.15) is 11.5 Å². The van der Waals surface area contributed by atoms with E-state index in [9.17, 15) is 4.79 Å². The number of nitrogens with zero attached hydrogens (tertiary/aromatic N) is 4. The van der Waals surface area contributed by atoms with Crippen molar-refractivity contribution in [3.63, 3.8) is 0 Å². The van der Waals surface area contributed by atoms with E-state index < -0.39 is 5.91 Å². The Kier molecular flexibility index (Phi) is 8.90. The minimum Gasteiger partial charge on any atom is -0.493 e. The number of amides is 1. The van der Waals surface area contributed by atoms with Crippen molar-refractivity contribution in [2.24, 2.45) is 5.73 Å². The molecule has 0 fully saturated rings. The third-order valence-electron chi connectivity index (χ3n) is 4.37. The van der Waals surface area contributed by atoms with Crippen LogP contribution < -0.4 is 20.5 Å². The van der Waals surface area contributed by atoms with E-state index in [0.717, 1.165) is 5.56 Å². The first-order chi connectivity index (χ1) is 14.1. The molecule has 0 radical (unpaired) electrons. The average Bonchev–Trinajstić information content (AvgIpc) is 3.22. The molecule has 0 unspecified atom stereocenters. The third kappa shape index (κ3) is 4.86. The quantitative estimate of drug-likeness (QED) is 0.434. The molecule has 1 amide bonds. The van der Waals surface area contributed by atoms with E-state index >= 15 is 0 Å². The summed E-state index contributed by atoms with van der Waals surface area (Å²) in [4.78, 5) is 25.0. The van der Waals surface area contributed by atoms with E-state index in [1.807, 2.05) is 24.3 Å². The van der Waals surface area contributed by atoms with Gasteiger partial charge in [-0.05, 0) is 30.3 Å². The molecule has 7 N–H and O–H groups in total. The molecule has 0 aliphatic carbocycles. The number of fused-ring (bicyclic) bond motifs is 1. The predicted octanol–water partition coefficient (Wildman–Crippen LogP) is 1.42. The van der Waals surface area contributed by atoms with Crippen LogP contribution in [0.5, 0.6) is 11.5 Å². The van der Waals surface area contributed by atoms with E-state index in [2.05, 4.69) is 15.3 Å². The number of methoxy groups -OCH3 is 2. The molecule has 170 valence electrons. The van der Waals surface area contributed by atoms with Crippen molar-refractivity contribution in [3.05, 3.63) is 60.6 Å². The molecule has 0 bridgehead atoms. The number of benzene rings is 1. The summed E-state index contributed by atoms with van der Waals surface area (Å²) in [6.45, 7) is 0. The van der Waals surface area contributed by atoms with Crippen LogP contribution in [-0.2, 0) is 0 Å². The van der Waals surface area contributed by atoms with Gasteiger partial charge < -0.3 is 31.5 Å². The van der Waals surface area contributed by atoms with Crippen molar-refractivity contribution in [1.29, 1.82) is 0 Å². The minimum atomic E-state index is -0.585. The van der Waals surface area contributed by atoms with Gasteiger partial charge in [0.2, 0.25) is 5.95 Å². The number of nitrogens with two attached hydrogens (primary N) is 1. The van der Waals surface area contributed by atoms with Gasteiger partial charge >= 0.3 is 0 Å². The standard InChI is InChI=1S/C20H18N6O3.ClH.2H2O/c1-28-15-6-5-12(10-16(15)29-2)14-11-17-22-8-9-26(17)20(24-14)25-19-13(18(21)27)4-3-7-23-19;;;/h3-11H,1-2H3,(H2,21,27)(H,23,24,25);1H;2*1H2. The molecule has 0 aliphatic rings. The fraction of sp³-hybridized carbons (Fsp3) is 0.100. The van der Waals surface area contributed by atoms with Crippen molar-refractivity contribution in [2.45, 2.75) is 0 Å². The highest BCUT2D eigenvalue weighted by molar-refractivity contribution is 5.98. The van der Waals surface area contributed by atoms with Crippen LogP contribution in [0, 0.1) is 0 Å². The van der Waals surface area contributed by atoms with Crippen LogP contribution in [0.15, 0.2) is 55.0 Å². The van der Waals surface area contributed by atoms with Gasteiger partial charge in [-0.25, -0.2) is 15.0 Å². The monoisotopic (exact) mass is 462 g/mol. The number of carbonyl (C=O) groups is 1. The summed E-state index contributed by atoms with van der Waals surface area (Å²) >= 11 is 0. The Bertz CT molecular complexity index is 1220. The number of aromatic nitrogens is 4. The summed E-state index contributed by atoms with van der Waals surface area (Å²) in [6.07, 6.45) is 4.99. The topological polar surface area (TPSA) is 180 Å². The van der Waals surface area contributed by atoms with Gasteiger partial charge in [-0.3, -0.25) is 9.20 Å². The maximum Gasteiger partial charge on any atom is 0.252 e. The Morgan fingerprint density at radius 1 is 1.03 bits per heavy atom. The van der Waals surface area contributed by atoms with E-state index in [0.29, 0.717) is 34.6 Å². The van der Waals surface area contributed by atoms with Crippen LogP contribution in [0.1, 0.15) is 10.4 Å². The zero-order valence-corrected chi connectivity index (χ0v) is 18.0. The Hall–Kier alpha value is -3.93. The van der Waals surface area contributed by atoms with Crippen molar-refractivity contribution < 1.29 is 25.2 Å². The summed E-state index contributed by atoms with van der Waals surface area (Å²) < 4.78 is 12.4. The average molecular weight is 463 g/mol. The molecule has 0 saturated heterocycles. The van der Waals surface area contributed by atoms with E-state index in [-0.39, 0.29) is 28.9 Å². The highest BCUT2D eigenvalue weighted by Crippen LogP contribution is 2.32. The van der Waals surface area contributed by atoms with Crippen LogP contribution in [-0.4, -0.2) is 50.4 Å². The number of primary amides is 1. The molecule has 4 aromatic rings. The van der Waals surface area contributed by atoms with E-state index in [4.69, 9.17) is 20.2 Å². The van der Waals surface area contributed by atoms with Crippen LogP contribution in [0.25, 0.3) is 16.9 Å². The van der Waals surface area contributed by atoms with Gasteiger partial charge in [0, 0.05) is 30.2 Å². The van der Waals surface area contributed by atoms with Crippen molar-refractivity contribution in [3.8, 4) is 22.8 Å². The molecule has 0 aliphatic heterocycles. The number of carbonyl (C=O) groups excluding carboxylic acids is 1. The summed E-state index contributed by atoms with van der Waals surface area (Å²) in [5.74, 6) is 1.37. The maximum absolute atomic E-state index is 11.7. The number of imidazole rings is 1. The normalized spacial score (nSPS) is 9.69. The zero-order chi connectivity index (χ0) is 20.4. The molecule has 11 nitrogen and oxygen atoms in total. The SMILES string of the molecule is COc1ccc(-c2cc3nccn3c(Nc3ncccc3C(N)=O)n2)cc1OC.Cl.O.O. The van der Waals surface area contributed by atoms with Crippen LogP contribution in [0.4, 0.5) is 11.8 Å². The Balaban J connectivity index is 0.00000171. The lowest BCUT2D eigenvalue weighted by atomic mass is 10.1. The van der Waals surface area contributed by atoms with Gasteiger partial charge in [-0.2, -0.15) is 0 Å². The number of pyridine rings is 1. The Labute approximate surface area is 189 Å². The third-order valence-corrected chi connectivity index (χ3v) is 4.37. The number of nitrogens with one attached hydrogen (secondary N) is 1. The van der Waals surface area contributed by atoms with Crippen molar-refractivity contribution in [1.82, 2.24) is 19.4 Å². The molecule has 0 spiro atoms. The van der Waals surface area contributed by atoms with Crippen molar-refractivity contribution in [2.75, 3.05) is 19.5 Å². The van der Waals surface area contributed by atoms with Crippen LogP contribution in [0.2, 0.25) is 0 Å². The second-order valence-electron chi connectivity index (χ2n) is 6.08. The number of ether oxygens (including phenoxy) is 2. The van der Waals surface area contributed by atoms with E-state index in [1.54, 1.807) is 49.3 Å². The molecule has 0 saturated carbocycles. The predicted molar refractivity (Wildman–Crippen MR) is 122 cm³/mol. The lowest BCUT2D eigenvalue weighted by molar-refractivity contribution is 0.100. The van der Waals surface area contributed by atoms with Crippen LogP contribution >= 0.6 is 12.4 Å².